The largest absolute Gasteiger partial charge is 0.463 e. The number of hydrogen-bond donors (Lipinski definition) is 1. The van der Waals surface area contributed by atoms with Crippen molar-refractivity contribution in [3.05, 3.63) is 83.6 Å². The van der Waals surface area contributed by atoms with Gasteiger partial charge in [-0.3, -0.25) is 19.4 Å². The fraction of sp³-hybridized carbons (Fsp3) is 0.267. The third-order valence-electron chi connectivity index (χ3n) is 6.32. The molecule has 5 aromatic rings. The summed E-state index contributed by atoms with van der Waals surface area (Å²) in [5.41, 5.74) is 8.02. The van der Waals surface area contributed by atoms with E-state index in [0.29, 0.717) is 23.3 Å². The zero-order chi connectivity index (χ0) is 28.3. The van der Waals surface area contributed by atoms with E-state index in [-0.39, 0.29) is 25.1 Å². The molecule has 1 amide bonds. The Morgan fingerprint density at radius 2 is 1.80 bits per heavy atom. The first kappa shape index (κ1) is 26.9. The Morgan fingerprint density at radius 1 is 0.975 bits per heavy atom. The van der Waals surface area contributed by atoms with E-state index in [0.717, 1.165) is 33.3 Å². The van der Waals surface area contributed by atoms with Crippen LogP contribution < -0.4 is 5.48 Å². The average Bonchev–Trinajstić information content (AvgIpc) is 3.33. The molecule has 40 heavy (non-hydrogen) atoms. The van der Waals surface area contributed by atoms with Crippen LogP contribution in [0.3, 0.4) is 0 Å². The van der Waals surface area contributed by atoms with Crippen LogP contribution in [0, 0.1) is 12.3 Å². The molecule has 10 heteroatoms. The minimum Gasteiger partial charge on any atom is -0.463 e. The Kier molecular flexibility index (Phi) is 7.52. The van der Waals surface area contributed by atoms with Crippen LogP contribution in [0.5, 0.6) is 0 Å². The number of fused-ring (bicyclic) bond motifs is 2. The molecule has 0 spiro atoms. The second kappa shape index (κ2) is 11.2. The maximum atomic E-state index is 12.6. The molecule has 0 unspecified atom stereocenters. The summed E-state index contributed by atoms with van der Waals surface area (Å²) in [5, 5.41) is 9.65. The van der Waals surface area contributed by atoms with Crippen molar-refractivity contribution in [3.8, 4) is 11.3 Å². The lowest BCUT2D eigenvalue weighted by molar-refractivity contribution is -0.155. The molecule has 2 aromatic carbocycles. The molecule has 3 aromatic heterocycles. The van der Waals surface area contributed by atoms with Gasteiger partial charge in [-0.15, -0.1) is 5.10 Å². The zero-order valence-corrected chi connectivity index (χ0v) is 22.8. The Labute approximate surface area is 231 Å². The van der Waals surface area contributed by atoms with Gasteiger partial charge in [0.05, 0.1) is 23.2 Å². The normalized spacial score (nSPS) is 11.6. The Balaban J connectivity index is 1.26. The summed E-state index contributed by atoms with van der Waals surface area (Å²) in [6.07, 6.45) is 1.78. The molecule has 3 heterocycles. The predicted molar refractivity (Wildman–Crippen MR) is 150 cm³/mol. The smallest absolute Gasteiger partial charge is 0.311 e. The van der Waals surface area contributed by atoms with Gasteiger partial charge in [-0.05, 0) is 81.3 Å². The summed E-state index contributed by atoms with van der Waals surface area (Å²) < 4.78 is 6.91. The van der Waals surface area contributed by atoms with Crippen LogP contribution in [-0.4, -0.2) is 50.1 Å². The van der Waals surface area contributed by atoms with Crippen molar-refractivity contribution in [3.63, 3.8) is 0 Å². The molecule has 1 N–H and O–H groups in total. The van der Waals surface area contributed by atoms with Crippen LogP contribution in [0.1, 0.15) is 42.3 Å². The number of ether oxygens (including phenoxy) is 1. The Bertz CT molecular complexity index is 1710. The van der Waals surface area contributed by atoms with Gasteiger partial charge in [0.1, 0.15) is 18.7 Å². The highest BCUT2D eigenvalue weighted by atomic mass is 16.7. The van der Waals surface area contributed by atoms with Crippen molar-refractivity contribution in [2.45, 2.75) is 34.2 Å². The van der Waals surface area contributed by atoms with E-state index in [1.165, 1.54) is 0 Å². The highest BCUT2D eigenvalue weighted by molar-refractivity contribution is 5.95. The number of amides is 1. The first-order valence-electron chi connectivity index (χ1n) is 12.9. The molecule has 204 valence electrons. The number of benzene rings is 2. The standard InChI is InChI=1S/C30H30N6O4/c1-19-16-22(8-9-23(19)28(37)34-40-15-14-39-29(38)30(2,3)4)25-11-12-26-27(32-25)36(35-33-26)18-20-7-10-24-21(17-20)6-5-13-31-24/h5-13,16-17H,14-15,18H2,1-4H3,(H,34,37). The molecule has 0 aliphatic heterocycles. The molecule has 0 aliphatic carbocycles. The third kappa shape index (κ3) is 5.97. The van der Waals surface area contributed by atoms with Crippen LogP contribution >= 0.6 is 0 Å². The topological polar surface area (TPSA) is 121 Å². The lowest BCUT2D eigenvalue weighted by Gasteiger charge is -2.16. The number of nitrogens with zero attached hydrogens (tertiary/aromatic N) is 5. The summed E-state index contributed by atoms with van der Waals surface area (Å²) >= 11 is 0. The van der Waals surface area contributed by atoms with Crippen molar-refractivity contribution >= 4 is 33.9 Å². The number of carbonyl (C=O) groups excluding carboxylic acids is 2. The molecule has 0 fully saturated rings. The fourth-order valence-corrected chi connectivity index (χ4v) is 4.16. The summed E-state index contributed by atoms with van der Waals surface area (Å²) in [5.74, 6) is -0.715. The summed E-state index contributed by atoms with van der Waals surface area (Å²) in [7, 11) is 0. The van der Waals surface area contributed by atoms with E-state index in [4.69, 9.17) is 14.6 Å². The second-order valence-electron chi connectivity index (χ2n) is 10.5. The number of aryl methyl sites for hydroxylation is 1. The Hall–Kier alpha value is -4.70. The highest BCUT2D eigenvalue weighted by Crippen LogP contribution is 2.24. The average molecular weight is 539 g/mol. The minimum atomic E-state index is -0.591. The van der Waals surface area contributed by atoms with Gasteiger partial charge in [0.25, 0.3) is 5.91 Å². The number of nitrogens with one attached hydrogen (secondary N) is 1. The lowest BCUT2D eigenvalue weighted by atomic mass is 9.97. The number of hydroxylamine groups is 1. The number of rotatable bonds is 8. The third-order valence-corrected chi connectivity index (χ3v) is 6.32. The molecule has 0 atom stereocenters. The van der Waals surface area contributed by atoms with Gasteiger partial charge in [0.15, 0.2) is 5.65 Å². The number of carbonyl (C=O) groups is 2. The van der Waals surface area contributed by atoms with Crippen LogP contribution in [-0.2, 0) is 20.9 Å². The van der Waals surface area contributed by atoms with Crippen molar-refractivity contribution in [1.82, 2.24) is 30.4 Å². The van der Waals surface area contributed by atoms with E-state index < -0.39 is 5.41 Å². The Morgan fingerprint density at radius 3 is 2.60 bits per heavy atom. The van der Waals surface area contributed by atoms with E-state index in [2.05, 4.69) is 26.8 Å². The SMILES string of the molecule is Cc1cc(-c2ccc3nnn(Cc4ccc5ncccc5c4)c3n2)ccc1C(=O)NOCCOC(=O)C(C)(C)C. The molecule has 0 radical (unpaired) electrons. The fourth-order valence-electron chi connectivity index (χ4n) is 4.16. The molecule has 0 bridgehead atoms. The maximum Gasteiger partial charge on any atom is 0.311 e. The van der Waals surface area contributed by atoms with Crippen LogP contribution in [0.15, 0.2) is 66.9 Å². The minimum absolute atomic E-state index is 0.0476. The quantitative estimate of drug-likeness (QED) is 0.172. The van der Waals surface area contributed by atoms with Gasteiger partial charge in [-0.1, -0.05) is 23.4 Å². The highest BCUT2D eigenvalue weighted by Gasteiger charge is 2.22. The van der Waals surface area contributed by atoms with E-state index in [1.54, 1.807) is 37.7 Å². The molecule has 5 rings (SSSR count). The lowest BCUT2D eigenvalue weighted by Crippen LogP contribution is -2.28. The molecular weight excluding hydrogens is 508 g/mol. The summed E-state index contributed by atoms with van der Waals surface area (Å²) in [4.78, 5) is 38.8. The second-order valence-corrected chi connectivity index (χ2v) is 10.5. The van der Waals surface area contributed by atoms with Crippen molar-refractivity contribution in [2.75, 3.05) is 13.2 Å². The van der Waals surface area contributed by atoms with Gasteiger partial charge in [0, 0.05) is 22.7 Å². The first-order valence-corrected chi connectivity index (χ1v) is 12.9. The van der Waals surface area contributed by atoms with Crippen LogP contribution in [0.25, 0.3) is 33.3 Å². The van der Waals surface area contributed by atoms with Crippen molar-refractivity contribution in [1.29, 1.82) is 0 Å². The van der Waals surface area contributed by atoms with Gasteiger partial charge in [-0.25, -0.2) is 15.1 Å². The molecular formula is C30H30N6O4. The van der Waals surface area contributed by atoms with Crippen molar-refractivity contribution < 1.29 is 19.2 Å². The number of hydrogen-bond acceptors (Lipinski definition) is 8. The molecule has 10 nitrogen and oxygen atoms in total. The monoisotopic (exact) mass is 538 g/mol. The molecule has 0 saturated heterocycles. The van der Waals surface area contributed by atoms with Gasteiger partial charge in [-0.2, -0.15) is 0 Å². The number of esters is 1. The van der Waals surface area contributed by atoms with Crippen LogP contribution in [0.2, 0.25) is 0 Å². The molecule has 0 aliphatic rings. The van der Waals surface area contributed by atoms with E-state index in [9.17, 15) is 9.59 Å². The van der Waals surface area contributed by atoms with E-state index in [1.807, 2.05) is 55.5 Å². The first-order chi connectivity index (χ1) is 19.2. The van der Waals surface area contributed by atoms with Gasteiger partial charge < -0.3 is 4.74 Å². The summed E-state index contributed by atoms with van der Waals surface area (Å²) in [6, 6.07) is 19.3. The zero-order valence-electron chi connectivity index (χ0n) is 22.8. The van der Waals surface area contributed by atoms with Gasteiger partial charge in [0.2, 0.25) is 0 Å². The predicted octanol–water partition coefficient (Wildman–Crippen LogP) is 4.65. The van der Waals surface area contributed by atoms with Crippen molar-refractivity contribution in [2.24, 2.45) is 5.41 Å². The summed E-state index contributed by atoms with van der Waals surface area (Å²) in [6.45, 7) is 7.78. The maximum absolute atomic E-state index is 12.6. The van der Waals surface area contributed by atoms with Gasteiger partial charge >= 0.3 is 5.97 Å². The number of pyridine rings is 2. The molecule has 0 saturated carbocycles. The number of aromatic nitrogens is 5. The van der Waals surface area contributed by atoms with E-state index >= 15 is 0 Å². The van der Waals surface area contributed by atoms with Crippen LogP contribution in [0.4, 0.5) is 0 Å².